The van der Waals surface area contributed by atoms with Gasteiger partial charge in [-0.15, -0.1) is 0 Å². The molecule has 2 aromatic carbocycles. The van der Waals surface area contributed by atoms with Crippen LogP contribution >= 0.6 is 0 Å². The van der Waals surface area contributed by atoms with Crippen molar-refractivity contribution in [2.75, 3.05) is 13.7 Å². The van der Waals surface area contributed by atoms with E-state index in [1.165, 1.54) is 7.11 Å². The van der Waals surface area contributed by atoms with Crippen molar-refractivity contribution in [2.24, 2.45) is 0 Å². The molecule has 0 spiro atoms. The summed E-state index contributed by atoms with van der Waals surface area (Å²) in [6.07, 6.45) is 0.694. The number of aliphatic hydroxyl groups is 1. The molecular weight excluding hydrogens is 380 g/mol. The van der Waals surface area contributed by atoms with Crippen LogP contribution in [-0.4, -0.2) is 40.3 Å². The third-order valence-electron chi connectivity index (χ3n) is 5.58. The molecule has 0 bridgehead atoms. The van der Waals surface area contributed by atoms with Gasteiger partial charge in [0.25, 0.3) is 11.7 Å². The second-order valence-electron chi connectivity index (χ2n) is 7.40. The second-order valence-corrected chi connectivity index (χ2v) is 7.40. The van der Waals surface area contributed by atoms with Crippen molar-refractivity contribution >= 4 is 28.4 Å². The van der Waals surface area contributed by atoms with Gasteiger partial charge in [0.15, 0.2) is 0 Å². The maximum absolute atomic E-state index is 13.1. The number of aliphatic hydroxyl groups excluding tert-OH is 1. The predicted molar refractivity (Wildman–Crippen MR) is 115 cm³/mol. The zero-order valence-electron chi connectivity index (χ0n) is 17.2. The Morgan fingerprint density at radius 3 is 2.57 bits per heavy atom. The van der Waals surface area contributed by atoms with Crippen LogP contribution in [0.1, 0.15) is 36.2 Å². The van der Waals surface area contributed by atoms with E-state index in [9.17, 15) is 14.7 Å². The molecule has 2 N–H and O–H groups in total. The quantitative estimate of drug-likeness (QED) is 0.377. The Balaban J connectivity index is 2.01. The number of amides is 1. The van der Waals surface area contributed by atoms with E-state index >= 15 is 0 Å². The van der Waals surface area contributed by atoms with Crippen molar-refractivity contribution in [1.29, 1.82) is 0 Å². The fraction of sp³-hybridized carbons (Fsp3) is 0.250. The number of nitrogens with one attached hydrogen (secondary N) is 1. The molecule has 1 aromatic heterocycles. The zero-order chi connectivity index (χ0) is 21.4. The van der Waals surface area contributed by atoms with Crippen molar-refractivity contribution < 1.29 is 19.4 Å². The number of hydrogen-bond acceptors (Lipinski definition) is 4. The molecule has 1 unspecified atom stereocenters. The molecule has 0 saturated carbocycles. The van der Waals surface area contributed by atoms with Gasteiger partial charge in [-0.25, -0.2) is 0 Å². The molecule has 3 aromatic rings. The number of methoxy groups -OCH3 is 1. The molecule has 1 saturated heterocycles. The van der Waals surface area contributed by atoms with Crippen molar-refractivity contribution in [2.45, 2.75) is 26.3 Å². The van der Waals surface area contributed by atoms with Gasteiger partial charge in [-0.05, 0) is 31.5 Å². The molecule has 0 aliphatic carbocycles. The summed E-state index contributed by atoms with van der Waals surface area (Å²) < 4.78 is 5.37. The topological polar surface area (TPSA) is 82.6 Å². The lowest BCUT2D eigenvalue weighted by Gasteiger charge is -2.25. The number of likely N-dealkylation sites (tertiary alicyclic amines) is 1. The number of aromatic nitrogens is 1. The van der Waals surface area contributed by atoms with E-state index in [0.717, 1.165) is 22.2 Å². The van der Waals surface area contributed by atoms with Crippen LogP contribution in [0.4, 0.5) is 0 Å². The Bertz CT molecular complexity index is 1170. The Morgan fingerprint density at radius 1 is 1.13 bits per heavy atom. The third-order valence-corrected chi connectivity index (χ3v) is 5.58. The van der Waals surface area contributed by atoms with Gasteiger partial charge in [-0.3, -0.25) is 9.59 Å². The number of ketones is 1. The first-order valence-corrected chi connectivity index (χ1v) is 9.98. The van der Waals surface area contributed by atoms with E-state index in [0.29, 0.717) is 24.3 Å². The standard InChI is InChI=1S/C24H24N2O4/c1-4-13-26-21(19-14(2)25-17-11-7-5-9-15(17)19)20(23(28)24(26)29)22(27)16-10-6-8-12-18(16)30-3/h5-12,21,25,27H,4,13H2,1-3H3/b22-20+. The largest absolute Gasteiger partial charge is 0.507 e. The van der Waals surface area contributed by atoms with Crippen LogP contribution in [0.15, 0.2) is 54.1 Å². The van der Waals surface area contributed by atoms with Crippen LogP contribution in [0.5, 0.6) is 5.75 Å². The monoisotopic (exact) mass is 404 g/mol. The predicted octanol–water partition coefficient (Wildman–Crippen LogP) is 4.32. The van der Waals surface area contributed by atoms with Crippen LogP contribution < -0.4 is 4.74 Å². The van der Waals surface area contributed by atoms with E-state index in [1.54, 1.807) is 29.2 Å². The van der Waals surface area contributed by atoms with Crippen molar-refractivity contribution in [3.63, 3.8) is 0 Å². The van der Waals surface area contributed by atoms with Gasteiger partial charge in [0.1, 0.15) is 11.5 Å². The number of aromatic amines is 1. The van der Waals surface area contributed by atoms with Crippen molar-refractivity contribution in [3.8, 4) is 5.75 Å². The van der Waals surface area contributed by atoms with E-state index in [2.05, 4.69) is 4.98 Å². The Labute approximate surface area is 174 Å². The van der Waals surface area contributed by atoms with E-state index in [-0.39, 0.29) is 11.3 Å². The van der Waals surface area contributed by atoms with Crippen LogP contribution in [0.2, 0.25) is 0 Å². The van der Waals surface area contributed by atoms with Crippen LogP contribution in [0.3, 0.4) is 0 Å². The molecule has 154 valence electrons. The number of carbonyl (C=O) groups is 2. The summed E-state index contributed by atoms with van der Waals surface area (Å²) in [4.78, 5) is 30.9. The van der Waals surface area contributed by atoms with Gasteiger partial charge in [0.2, 0.25) is 0 Å². The maximum atomic E-state index is 13.1. The second kappa shape index (κ2) is 7.71. The first-order chi connectivity index (χ1) is 14.5. The number of nitrogens with zero attached hydrogens (tertiary/aromatic N) is 1. The molecule has 6 heteroatoms. The fourth-order valence-corrected chi connectivity index (χ4v) is 4.29. The molecule has 1 amide bonds. The first-order valence-electron chi connectivity index (χ1n) is 9.98. The number of Topliss-reactive ketones (excluding diaryl/α,β-unsaturated/α-hetero) is 1. The molecule has 1 aliphatic rings. The van der Waals surface area contributed by atoms with E-state index in [1.807, 2.05) is 38.1 Å². The summed E-state index contributed by atoms with van der Waals surface area (Å²) in [6, 6.07) is 14.0. The number of H-pyrrole nitrogens is 1. The summed E-state index contributed by atoms with van der Waals surface area (Å²) in [5.41, 5.74) is 3.08. The van der Waals surface area contributed by atoms with Gasteiger partial charge in [-0.1, -0.05) is 37.3 Å². The number of rotatable bonds is 5. The molecule has 4 rings (SSSR count). The Hall–Kier alpha value is -3.54. The van der Waals surface area contributed by atoms with Gasteiger partial charge in [-0.2, -0.15) is 0 Å². The average Bonchev–Trinajstić information content (AvgIpc) is 3.21. The summed E-state index contributed by atoms with van der Waals surface area (Å²) in [7, 11) is 1.50. The number of aryl methyl sites for hydroxylation is 1. The van der Waals surface area contributed by atoms with Crippen LogP contribution in [-0.2, 0) is 9.59 Å². The molecule has 6 nitrogen and oxygen atoms in total. The summed E-state index contributed by atoms with van der Waals surface area (Å²) in [5, 5.41) is 12.2. The first kappa shape index (κ1) is 19.8. The smallest absolute Gasteiger partial charge is 0.295 e. The lowest BCUT2D eigenvalue weighted by Crippen LogP contribution is -2.30. The summed E-state index contributed by atoms with van der Waals surface area (Å²) in [5.74, 6) is -1.06. The third kappa shape index (κ3) is 2.96. The highest BCUT2D eigenvalue weighted by atomic mass is 16.5. The summed E-state index contributed by atoms with van der Waals surface area (Å²) in [6.45, 7) is 4.29. The summed E-state index contributed by atoms with van der Waals surface area (Å²) >= 11 is 0. The minimum absolute atomic E-state index is 0.0887. The van der Waals surface area contributed by atoms with Crippen LogP contribution in [0, 0.1) is 6.92 Å². The maximum Gasteiger partial charge on any atom is 0.295 e. The molecule has 1 aliphatic heterocycles. The lowest BCUT2D eigenvalue weighted by molar-refractivity contribution is -0.139. The number of fused-ring (bicyclic) bond motifs is 1. The molecule has 1 fully saturated rings. The highest BCUT2D eigenvalue weighted by Crippen LogP contribution is 2.44. The molecule has 1 atom stereocenters. The highest BCUT2D eigenvalue weighted by molar-refractivity contribution is 6.46. The van der Waals surface area contributed by atoms with E-state index < -0.39 is 17.7 Å². The Morgan fingerprint density at radius 2 is 1.83 bits per heavy atom. The highest BCUT2D eigenvalue weighted by Gasteiger charge is 2.47. The van der Waals surface area contributed by atoms with Gasteiger partial charge >= 0.3 is 0 Å². The number of benzene rings is 2. The van der Waals surface area contributed by atoms with Crippen LogP contribution in [0.25, 0.3) is 16.7 Å². The van der Waals surface area contributed by atoms with Crippen molar-refractivity contribution in [3.05, 3.63) is 70.9 Å². The normalized spacial score (nSPS) is 18.4. The number of para-hydroxylation sites is 2. The molecule has 30 heavy (non-hydrogen) atoms. The Kier molecular flexibility index (Phi) is 5.08. The molecule has 0 radical (unpaired) electrons. The zero-order valence-corrected chi connectivity index (χ0v) is 17.2. The minimum Gasteiger partial charge on any atom is -0.507 e. The minimum atomic E-state index is -0.679. The lowest BCUT2D eigenvalue weighted by atomic mass is 9.93. The number of carbonyl (C=O) groups excluding carboxylic acids is 2. The van der Waals surface area contributed by atoms with E-state index in [4.69, 9.17) is 4.74 Å². The fourth-order valence-electron chi connectivity index (χ4n) is 4.29. The molecular formula is C24H24N2O4. The molecule has 2 heterocycles. The SMILES string of the molecule is CCCN1C(=O)C(=O)/C(=C(/O)c2ccccc2OC)C1c1c(C)[nH]c2ccccc12. The number of ether oxygens (including phenoxy) is 1. The van der Waals surface area contributed by atoms with Crippen molar-refractivity contribution in [1.82, 2.24) is 9.88 Å². The van der Waals surface area contributed by atoms with Gasteiger partial charge < -0.3 is 19.7 Å². The number of hydrogen-bond donors (Lipinski definition) is 2. The van der Waals surface area contributed by atoms with Gasteiger partial charge in [0.05, 0.1) is 24.3 Å². The average molecular weight is 404 g/mol. The van der Waals surface area contributed by atoms with Gasteiger partial charge in [0, 0.05) is 28.7 Å².